The van der Waals surface area contributed by atoms with E-state index in [1.54, 1.807) is 13.8 Å². The highest BCUT2D eigenvalue weighted by atomic mass is 31.1. The van der Waals surface area contributed by atoms with Gasteiger partial charge in [-0.1, -0.05) is 0 Å². The zero-order valence-corrected chi connectivity index (χ0v) is 7.39. The monoisotopic (exact) mass is 165 g/mol. The van der Waals surface area contributed by atoms with Crippen LogP contribution in [0.4, 0.5) is 0 Å². The molecule has 0 aromatic heterocycles. The molecule has 0 rings (SSSR count). The van der Waals surface area contributed by atoms with Crippen molar-refractivity contribution >= 4 is 8.25 Å². The summed E-state index contributed by atoms with van der Waals surface area (Å²) in [5.41, 5.74) is 0. The van der Waals surface area contributed by atoms with Crippen LogP contribution in [-0.4, -0.2) is 13.2 Å². The molecule has 0 aliphatic heterocycles. The Hall–Kier alpha value is -0.240. The Morgan fingerprint density at radius 1 is 1.20 bits per heavy atom. The fourth-order valence-corrected chi connectivity index (χ4v) is 0.744. The van der Waals surface area contributed by atoms with E-state index in [9.17, 15) is 4.57 Å². The molecule has 0 saturated heterocycles. The first-order valence-corrected chi connectivity index (χ1v) is 4.13. The summed E-state index contributed by atoms with van der Waals surface area (Å²) in [4.78, 5) is 0. The lowest BCUT2D eigenvalue weighted by atomic mass is 10.9. The van der Waals surface area contributed by atoms with Crippen molar-refractivity contribution in [3.63, 3.8) is 0 Å². The molecule has 3 nitrogen and oxygen atoms in total. The van der Waals surface area contributed by atoms with Crippen LogP contribution in [0.2, 0.25) is 0 Å². The third-order valence-corrected chi connectivity index (χ3v) is 1.41. The van der Waals surface area contributed by atoms with Crippen molar-refractivity contribution in [3.05, 3.63) is 13.2 Å². The van der Waals surface area contributed by atoms with E-state index >= 15 is 0 Å². The zero-order valence-electron chi connectivity index (χ0n) is 6.50. The molecule has 0 saturated carbocycles. The summed E-state index contributed by atoms with van der Waals surface area (Å²) in [6.07, 6.45) is 0. The summed E-state index contributed by atoms with van der Waals surface area (Å²) >= 11 is 0. The van der Waals surface area contributed by atoms with E-state index in [1.165, 1.54) is 0 Å². The summed E-state index contributed by atoms with van der Waals surface area (Å²) in [7, 11) is -1.83. The van der Waals surface area contributed by atoms with Gasteiger partial charge in [-0.25, -0.2) is 0 Å². The summed E-state index contributed by atoms with van der Waals surface area (Å²) in [5, 5.41) is 0. The van der Waals surface area contributed by atoms with Crippen LogP contribution in [-0.2, 0) is 13.6 Å². The van der Waals surface area contributed by atoms with Gasteiger partial charge in [0.05, 0.1) is 0 Å². The fraction of sp³-hybridized carbons (Fsp3) is 0.667. The fourth-order valence-electron chi connectivity index (χ4n) is 0.248. The molecule has 60 valence electrons. The van der Waals surface area contributed by atoms with Crippen molar-refractivity contribution in [2.45, 2.75) is 13.8 Å². The van der Waals surface area contributed by atoms with Gasteiger partial charge in [-0.05, 0) is 13.8 Å². The molecule has 0 N–H and O–H groups in total. The van der Waals surface area contributed by atoms with Crippen molar-refractivity contribution in [1.29, 1.82) is 0 Å². The van der Waals surface area contributed by atoms with Gasteiger partial charge in [0.1, 0.15) is 13.2 Å². The van der Waals surface area contributed by atoms with Gasteiger partial charge in [-0.15, -0.1) is 22.2 Å². The Balaban J connectivity index is 0. The van der Waals surface area contributed by atoms with Gasteiger partial charge in [-0.2, -0.15) is 0 Å². The standard InChI is InChI=1S/C4H10O3P.C2H4/c1-3-6-8(5)7-4-2;1-2/h3-4H2,1-2H3;1-2H2/q+1;. The average molecular weight is 165 g/mol. The highest BCUT2D eigenvalue weighted by Crippen LogP contribution is 2.21. The van der Waals surface area contributed by atoms with Crippen LogP contribution in [0.15, 0.2) is 13.2 Å². The second kappa shape index (κ2) is 11.5. The van der Waals surface area contributed by atoms with E-state index < -0.39 is 8.25 Å². The third kappa shape index (κ3) is 10.7. The van der Waals surface area contributed by atoms with Gasteiger partial charge < -0.3 is 0 Å². The summed E-state index contributed by atoms with van der Waals surface area (Å²) in [6, 6.07) is 0. The first-order valence-electron chi connectivity index (χ1n) is 3.04. The van der Waals surface area contributed by atoms with Crippen LogP contribution in [0, 0.1) is 0 Å². The molecule has 0 atom stereocenters. The molecule has 0 bridgehead atoms. The van der Waals surface area contributed by atoms with Crippen molar-refractivity contribution in [3.8, 4) is 0 Å². The lowest BCUT2D eigenvalue weighted by Crippen LogP contribution is -1.81. The molecule has 0 aliphatic rings. The van der Waals surface area contributed by atoms with Crippen LogP contribution < -0.4 is 0 Å². The van der Waals surface area contributed by atoms with Crippen LogP contribution in [0.25, 0.3) is 0 Å². The van der Waals surface area contributed by atoms with Crippen molar-refractivity contribution in [2.24, 2.45) is 0 Å². The van der Waals surface area contributed by atoms with Gasteiger partial charge in [0.2, 0.25) is 0 Å². The Bertz CT molecular complexity index is 77.1. The van der Waals surface area contributed by atoms with Crippen molar-refractivity contribution in [1.82, 2.24) is 0 Å². The van der Waals surface area contributed by atoms with E-state index in [0.29, 0.717) is 13.2 Å². The Morgan fingerprint density at radius 2 is 1.50 bits per heavy atom. The van der Waals surface area contributed by atoms with Gasteiger partial charge in [0, 0.05) is 4.57 Å². The largest absolute Gasteiger partial charge is 0.697 e. The maximum Gasteiger partial charge on any atom is 0.697 e. The van der Waals surface area contributed by atoms with Crippen molar-refractivity contribution in [2.75, 3.05) is 13.2 Å². The molecule has 0 radical (unpaired) electrons. The van der Waals surface area contributed by atoms with Crippen LogP contribution >= 0.6 is 8.25 Å². The minimum atomic E-state index is -1.83. The van der Waals surface area contributed by atoms with Crippen LogP contribution in [0.1, 0.15) is 13.8 Å². The first-order chi connectivity index (χ1) is 4.81. The third-order valence-electron chi connectivity index (χ3n) is 0.469. The molecule has 0 heterocycles. The Labute approximate surface area is 63.0 Å². The maximum absolute atomic E-state index is 10.3. The first kappa shape index (κ1) is 12.4. The Kier molecular flexibility index (Phi) is 14.4. The molecular weight excluding hydrogens is 151 g/mol. The summed E-state index contributed by atoms with van der Waals surface area (Å²) in [5.74, 6) is 0. The molecular formula is C6H14O3P+. The number of rotatable bonds is 4. The van der Waals surface area contributed by atoms with E-state index in [-0.39, 0.29) is 0 Å². The zero-order chi connectivity index (χ0) is 8.41. The lowest BCUT2D eigenvalue weighted by molar-refractivity contribution is 0.243. The van der Waals surface area contributed by atoms with E-state index in [2.05, 4.69) is 22.2 Å². The average Bonchev–Trinajstić information content (AvgIpc) is 1.93. The molecule has 4 heteroatoms. The number of hydrogen-bond acceptors (Lipinski definition) is 3. The lowest BCUT2D eigenvalue weighted by Gasteiger charge is -1.78. The van der Waals surface area contributed by atoms with Gasteiger partial charge >= 0.3 is 8.25 Å². The highest BCUT2D eigenvalue weighted by Gasteiger charge is 2.15. The summed E-state index contributed by atoms with van der Waals surface area (Å²) in [6.45, 7) is 10.4. The minimum Gasteiger partial charge on any atom is -0.119 e. The van der Waals surface area contributed by atoms with Crippen LogP contribution in [0.5, 0.6) is 0 Å². The van der Waals surface area contributed by atoms with Gasteiger partial charge in [-0.3, -0.25) is 0 Å². The minimum absolute atomic E-state index is 0.440. The van der Waals surface area contributed by atoms with Gasteiger partial charge in [0.15, 0.2) is 0 Å². The van der Waals surface area contributed by atoms with Crippen molar-refractivity contribution < 1.29 is 13.6 Å². The topological polar surface area (TPSA) is 35.5 Å². The molecule has 0 spiro atoms. The van der Waals surface area contributed by atoms with Gasteiger partial charge in [0.25, 0.3) is 0 Å². The maximum atomic E-state index is 10.3. The number of hydrogen-bond donors (Lipinski definition) is 0. The molecule has 10 heavy (non-hydrogen) atoms. The molecule has 0 fully saturated rings. The quantitative estimate of drug-likeness (QED) is 0.474. The molecule has 0 aliphatic carbocycles. The Morgan fingerprint density at radius 3 is 1.70 bits per heavy atom. The predicted molar refractivity (Wildman–Crippen MR) is 42.1 cm³/mol. The molecule has 0 amide bonds. The summed E-state index contributed by atoms with van der Waals surface area (Å²) < 4.78 is 19.5. The van der Waals surface area contributed by atoms with Crippen LogP contribution in [0.3, 0.4) is 0 Å². The smallest absolute Gasteiger partial charge is 0.119 e. The SMILES string of the molecule is C=C.CCO[P+](=O)OCC. The van der Waals surface area contributed by atoms with E-state index in [0.717, 1.165) is 0 Å². The highest BCUT2D eigenvalue weighted by molar-refractivity contribution is 7.33. The van der Waals surface area contributed by atoms with E-state index in [1.807, 2.05) is 0 Å². The molecule has 0 unspecified atom stereocenters. The second-order valence-electron chi connectivity index (χ2n) is 1.06. The van der Waals surface area contributed by atoms with E-state index in [4.69, 9.17) is 0 Å². The normalized spacial score (nSPS) is 7.80. The molecule has 0 aromatic carbocycles. The second-order valence-corrected chi connectivity index (χ2v) is 2.02. The molecule has 0 aromatic rings. The predicted octanol–water partition coefficient (Wildman–Crippen LogP) is 2.52.